The van der Waals surface area contributed by atoms with Crippen molar-refractivity contribution in [2.45, 2.75) is 44.0 Å². The zero-order valence-corrected chi connectivity index (χ0v) is 19.6. The molecule has 5 nitrogen and oxygen atoms in total. The van der Waals surface area contributed by atoms with E-state index in [0.717, 1.165) is 58.9 Å². The molecule has 174 valence electrons. The van der Waals surface area contributed by atoms with Crippen LogP contribution in [0.25, 0.3) is 10.6 Å². The second-order valence-electron chi connectivity index (χ2n) is 7.94. The summed E-state index contributed by atoms with van der Waals surface area (Å²) in [6.45, 7) is 4.83. The van der Waals surface area contributed by atoms with Gasteiger partial charge >= 0.3 is 6.18 Å². The number of halogens is 3. The Kier molecular flexibility index (Phi) is 6.34. The Hall–Kier alpha value is -2.14. The van der Waals surface area contributed by atoms with Crippen molar-refractivity contribution in [1.29, 1.82) is 0 Å². The number of nitrogens with zero attached hydrogens (tertiary/aromatic N) is 2. The fraction of sp³-hybridized carbons (Fsp3) is 0.391. The van der Waals surface area contributed by atoms with Crippen LogP contribution in [0, 0.1) is 0 Å². The van der Waals surface area contributed by atoms with E-state index in [0.29, 0.717) is 18.1 Å². The minimum atomic E-state index is -4.55. The summed E-state index contributed by atoms with van der Waals surface area (Å²) in [7, 11) is 0. The summed E-state index contributed by atoms with van der Waals surface area (Å²) in [5.41, 5.74) is 3.49. The normalized spacial score (nSPS) is 16.1. The molecule has 0 spiro atoms. The molecule has 2 N–H and O–H groups in total. The highest BCUT2D eigenvalue weighted by atomic mass is 32.2. The number of nitrogens with one attached hydrogen (secondary N) is 2. The third-order valence-electron chi connectivity index (χ3n) is 5.76. The smallest absolute Gasteiger partial charge is 0.375 e. The van der Waals surface area contributed by atoms with Crippen LogP contribution in [-0.4, -0.2) is 28.9 Å². The summed E-state index contributed by atoms with van der Waals surface area (Å²) in [6, 6.07) is 6.03. The van der Waals surface area contributed by atoms with Crippen molar-refractivity contribution in [2.75, 3.05) is 24.2 Å². The number of thiophene rings is 1. The van der Waals surface area contributed by atoms with Gasteiger partial charge in [-0.15, -0.1) is 23.1 Å². The fourth-order valence-corrected chi connectivity index (χ4v) is 6.29. The Morgan fingerprint density at radius 3 is 2.91 bits per heavy atom. The predicted molar refractivity (Wildman–Crippen MR) is 125 cm³/mol. The number of alkyl halides is 3. The maximum absolute atomic E-state index is 13.8. The molecule has 0 unspecified atom stereocenters. The van der Waals surface area contributed by atoms with Gasteiger partial charge in [0.05, 0.1) is 23.8 Å². The molecule has 0 fully saturated rings. The summed E-state index contributed by atoms with van der Waals surface area (Å²) < 4.78 is 47.0. The van der Waals surface area contributed by atoms with E-state index in [1.165, 1.54) is 22.5 Å². The highest BCUT2D eigenvalue weighted by Crippen LogP contribution is 2.43. The second kappa shape index (κ2) is 9.25. The summed E-state index contributed by atoms with van der Waals surface area (Å²) in [4.78, 5) is 10.8. The molecular formula is C23H23F3N4OS2. The third-order valence-corrected chi connectivity index (χ3v) is 8.05. The first-order valence-electron chi connectivity index (χ1n) is 10.8. The van der Waals surface area contributed by atoms with Gasteiger partial charge in [0.2, 0.25) is 5.95 Å². The van der Waals surface area contributed by atoms with Crippen molar-refractivity contribution in [3.05, 3.63) is 51.5 Å². The highest BCUT2D eigenvalue weighted by Gasteiger charge is 2.36. The molecule has 33 heavy (non-hydrogen) atoms. The Morgan fingerprint density at radius 2 is 2.09 bits per heavy atom. The lowest BCUT2D eigenvalue weighted by molar-refractivity contribution is -0.137. The van der Waals surface area contributed by atoms with Gasteiger partial charge in [-0.2, -0.15) is 13.2 Å². The lowest BCUT2D eigenvalue weighted by atomic mass is 9.96. The molecule has 0 atom stereocenters. The number of aryl methyl sites for hydroxylation is 1. The molecule has 2 aliphatic heterocycles. The van der Waals surface area contributed by atoms with Gasteiger partial charge in [-0.3, -0.25) is 0 Å². The number of thioether (sulfide) groups is 1. The largest absolute Gasteiger partial charge is 0.420 e. The van der Waals surface area contributed by atoms with Crippen molar-refractivity contribution in [1.82, 2.24) is 15.3 Å². The van der Waals surface area contributed by atoms with Crippen molar-refractivity contribution in [2.24, 2.45) is 0 Å². The quantitative estimate of drug-likeness (QED) is 0.480. The van der Waals surface area contributed by atoms with Crippen LogP contribution in [-0.2, 0) is 36.9 Å². The minimum Gasteiger partial charge on any atom is -0.375 e. The Bertz CT molecular complexity index is 1160. The third kappa shape index (κ3) is 4.75. The zero-order valence-electron chi connectivity index (χ0n) is 18.0. The van der Waals surface area contributed by atoms with Crippen LogP contribution in [0.5, 0.6) is 0 Å². The summed E-state index contributed by atoms with van der Waals surface area (Å²) in [5, 5.41) is 6.57. The molecule has 0 saturated carbocycles. The van der Waals surface area contributed by atoms with Crippen LogP contribution in [0.15, 0.2) is 29.3 Å². The maximum Gasteiger partial charge on any atom is 0.420 e. The topological polar surface area (TPSA) is 59.1 Å². The SMILES string of the molecule is CCc1cc2c(cc1Nc1ncc(C(F)(F)F)c(-c3cc4c(s3)COCCS4)n1)CCNC2. The average Bonchev–Trinajstić information content (AvgIpc) is 3.08. The lowest BCUT2D eigenvalue weighted by Gasteiger charge is -2.21. The Morgan fingerprint density at radius 1 is 1.21 bits per heavy atom. The van der Waals surface area contributed by atoms with Gasteiger partial charge in [0, 0.05) is 34.0 Å². The molecule has 5 rings (SSSR count). The van der Waals surface area contributed by atoms with Crippen molar-refractivity contribution < 1.29 is 17.9 Å². The van der Waals surface area contributed by atoms with E-state index >= 15 is 0 Å². The maximum atomic E-state index is 13.8. The molecular weight excluding hydrogens is 469 g/mol. The number of fused-ring (bicyclic) bond motifs is 2. The number of benzene rings is 1. The number of hydrogen-bond acceptors (Lipinski definition) is 7. The average molecular weight is 493 g/mol. The van der Waals surface area contributed by atoms with E-state index in [4.69, 9.17) is 4.74 Å². The molecule has 10 heteroatoms. The van der Waals surface area contributed by atoms with Gasteiger partial charge in [0.15, 0.2) is 0 Å². The van der Waals surface area contributed by atoms with Crippen molar-refractivity contribution in [3.63, 3.8) is 0 Å². The highest BCUT2D eigenvalue weighted by molar-refractivity contribution is 7.99. The van der Waals surface area contributed by atoms with Gasteiger partial charge in [-0.05, 0) is 48.2 Å². The summed E-state index contributed by atoms with van der Waals surface area (Å²) >= 11 is 2.91. The first-order chi connectivity index (χ1) is 15.9. The van der Waals surface area contributed by atoms with E-state index in [2.05, 4.69) is 39.7 Å². The Balaban J connectivity index is 1.54. The van der Waals surface area contributed by atoms with E-state index in [9.17, 15) is 13.2 Å². The van der Waals surface area contributed by atoms with Crippen LogP contribution < -0.4 is 10.6 Å². The van der Waals surface area contributed by atoms with Gasteiger partial charge in [-0.25, -0.2) is 9.97 Å². The lowest BCUT2D eigenvalue weighted by Crippen LogP contribution is -2.24. The molecule has 0 bridgehead atoms. The van der Waals surface area contributed by atoms with Crippen LogP contribution in [0.1, 0.15) is 34.1 Å². The minimum absolute atomic E-state index is 0.0983. The van der Waals surface area contributed by atoms with Crippen molar-refractivity contribution >= 4 is 34.7 Å². The molecule has 0 aliphatic carbocycles. The van der Waals surface area contributed by atoms with Crippen molar-refractivity contribution in [3.8, 4) is 10.6 Å². The van der Waals surface area contributed by atoms with Gasteiger partial charge in [0.25, 0.3) is 0 Å². The first-order valence-corrected chi connectivity index (χ1v) is 12.6. The number of aromatic nitrogens is 2. The van der Waals surface area contributed by atoms with Crippen LogP contribution >= 0.6 is 23.1 Å². The van der Waals surface area contributed by atoms with Crippen LogP contribution in [0.2, 0.25) is 0 Å². The number of hydrogen-bond donors (Lipinski definition) is 2. The monoisotopic (exact) mass is 492 g/mol. The van der Waals surface area contributed by atoms with Gasteiger partial charge in [0.1, 0.15) is 5.56 Å². The predicted octanol–water partition coefficient (Wildman–Crippen LogP) is 5.80. The fourth-order valence-electron chi connectivity index (χ4n) is 4.08. The molecule has 0 radical (unpaired) electrons. The van der Waals surface area contributed by atoms with E-state index in [1.807, 2.05) is 0 Å². The van der Waals surface area contributed by atoms with E-state index in [-0.39, 0.29) is 11.6 Å². The molecule has 3 aromatic rings. The molecule has 2 aromatic heterocycles. The number of ether oxygens (including phenoxy) is 1. The van der Waals surface area contributed by atoms with E-state index < -0.39 is 11.7 Å². The molecule has 1 aromatic carbocycles. The molecule has 0 saturated heterocycles. The Labute approximate surface area is 198 Å². The number of rotatable bonds is 4. The summed E-state index contributed by atoms with van der Waals surface area (Å²) in [5.74, 6) is 0.938. The molecule has 2 aliphatic rings. The van der Waals surface area contributed by atoms with Crippen LogP contribution in [0.4, 0.5) is 24.8 Å². The number of anilines is 2. The first kappa shape index (κ1) is 22.6. The molecule has 0 amide bonds. The van der Waals surface area contributed by atoms with Crippen LogP contribution in [0.3, 0.4) is 0 Å². The van der Waals surface area contributed by atoms with Gasteiger partial charge in [-0.1, -0.05) is 13.0 Å². The van der Waals surface area contributed by atoms with Gasteiger partial charge < -0.3 is 15.4 Å². The summed E-state index contributed by atoms with van der Waals surface area (Å²) in [6.07, 6.45) is -1.97. The second-order valence-corrected chi connectivity index (χ2v) is 10.2. The zero-order chi connectivity index (χ0) is 23.0. The standard InChI is InChI=1S/C23H23F3N4OS2/c1-2-13-7-15-10-27-4-3-14(15)8-17(13)29-22-28-11-16(23(24,25)26)21(30-22)19-9-18-20(33-19)12-31-5-6-32-18/h7-9,11,27H,2-6,10,12H2,1H3,(H,28,29,30). The molecule has 4 heterocycles. The van der Waals surface area contributed by atoms with E-state index in [1.54, 1.807) is 17.8 Å².